The van der Waals surface area contributed by atoms with Crippen molar-refractivity contribution < 1.29 is 27.5 Å². The minimum Gasteiger partial charge on any atom is -0.406 e. The fourth-order valence-corrected chi connectivity index (χ4v) is 2.94. The van der Waals surface area contributed by atoms with Crippen LogP contribution in [0.5, 0.6) is 5.75 Å². The minimum absolute atomic E-state index is 0.0101. The Balaban J connectivity index is 2.10. The number of ether oxygens (including phenoxy) is 1. The van der Waals surface area contributed by atoms with Crippen LogP contribution in [0, 0.1) is 5.41 Å². The summed E-state index contributed by atoms with van der Waals surface area (Å²) >= 11 is 11.5. The normalized spacial score (nSPS) is 18.2. The van der Waals surface area contributed by atoms with Crippen molar-refractivity contribution in [2.45, 2.75) is 25.7 Å². The van der Waals surface area contributed by atoms with Gasteiger partial charge in [-0.15, -0.1) is 36.4 Å². The Morgan fingerprint density at radius 2 is 2.00 bits per heavy atom. The lowest BCUT2D eigenvalue weighted by atomic mass is 9.94. The molecule has 1 unspecified atom stereocenters. The molecule has 26 heavy (non-hydrogen) atoms. The van der Waals surface area contributed by atoms with Crippen LogP contribution in [-0.2, 0) is 9.59 Å². The van der Waals surface area contributed by atoms with Crippen molar-refractivity contribution in [3.63, 3.8) is 0 Å². The van der Waals surface area contributed by atoms with Crippen molar-refractivity contribution in [3.8, 4) is 5.75 Å². The smallest absolute Gasteiger partial charge is 0.406 e. The van der Waals surface area contributed by atoms with Gasteiger partial charge in [-0.1, -0.05) is 6.07 Å². The summed E-state index contributed by atoms with van der Waals surface area (Å²) in [5.41, 5.74) is -0.761. The number of carbonyl (C=O) groups is 2. The highest BCUT2D eigenvalue weighted by Crippen LogP contribution is 2.29. The van der Waals surface area contributed by atoms with Gasteiger partial charge in [0.25, 0.3) is 0 Å². The number of nitrogens with one attached hydrogen (secondary N) is 1. The summed E-state index contributed by atoms with van der Waals surface area (Å²) in [6, 6.07) is 4.32. The largest absolute Gasteiger partial charge is 0.573 e. The number of benzene rings is 1. The second-order valence-corrected chi connectivity index (χ2v) is 6.71. The molecule has 2 rings (SSSR count). The van der Waals surface area contributed by atoms with E-state index in [0.29, 0.717) is 6.42 Å². The van der Waals surface area contributed by atoms with E-state index in [-0.39, 0.29) is 24.0 Å². The number of alkyl halides is 5. The van der Waals surface area contributed by atoms with Crippen LogP contribution < -0.4 is 15.0 Å². The lowest BCUT2D eigenvalue weighted by Gasteiger charge is -2.25. The Morgan fingerprint density at radius 3 is 2.58 bits per heavy atom. The summed E-state index contributed by atoms with van der Waals surface area (Å²) in [6.07, 6.45) is -4.51. The molecule has 0 spiro atoms. The summed E-state index contributed by atoms with van der Waals surface area (Å²) in [5.74, 6) is -1.31. The lowest BCUT2D eigenvalue weighted by molar-refractivity contribution is -0.274. The standard InChI is InChI=1S/C16H17Cl2F3N2O3/c1-15(8-17,9-18)14(25)22-12-5-6-23(13(12)24)10-3-2-4-11(7-10)26-16(19,20)21/h2-4,7,12H,5-6,8-9H2,1H3,(H,22,25). The van der Waals surface area contributed by atoms with Crippen LogP contribution in [0.2, 0.25) is 0 Å². The second kappa shape index (κ2) is 7.92. The molecule has 1 N–H and O–H groups in total. The topological polar surface area (TPSA) is 58.6 Å². The van der Waals surface area contributed by atoms with Gasteiger partial charge < -0.3 is 15.0 Å². The van der Waals surface area contributed by atoms with E-state index in [4.69, 9.17) is 23.2 Å². The van der Waals surface area contributed by atoms with Crippen LogP contribution in [0.25, 0.3) is 0 Å². The van der Waals surface area contributed by atoms with Crippen LogP contribution in [-0.4, -0.2) is 42.5 Å². The molecule has 1 fully saturated rings. The molecule has 1 saturated heterocycles. The minimum atomic E-state index is -4.82. The Kier molecular flexibility index (Phi) is 6.29. The Hall–Kier alpha value is -1.67. The quantitative estimate of drug-likeness (QED) is 0.729. The van der Waals surface area contributed by atoms with Gasteiger partial charge in [0, 0.05) is 30.1 Å². The van der Waals surface area contributed by atoms with Gasteiger partial charge in [-0.3, -0.25) is 9.59 Å². The van der Waals surface area contributed by atoms with E-state index >= 15 is 0 Å². The molecule has 1 aromatic rings. The third-order valence-electron chi connectivity index (χ3n) is 4.01. The van der Waals surface area contributed by atoms with Crippen molar-refractivity contribution >= 4 is 40.7 Å². The second-order valence-electron chi connectivity index (χ2n) is 6.18. The first-order chi connectivity index (χ1) is 12.1. The lowest BCUT2D eigenvalue weighted by Crippen LogP contribution is -2.49. The average Bonchev–Trinajstić information content (AvgIpc) is 2.93. The van der Waals surface area contributed by atoms with Crippen LogP contribution in [0.3, 0.4) is 0 Å². The van der Waals surface area contributed by atoms with Gasteiger partial charge in [-0.2, -0.15) is 0 Å². The summed E-state index contributed by atoms with van der Waals surface area (Å²) in [5, 5.41) is 2.61. The van der Waals surface area contributed by atoms with E-state index < -0.39 is 35.4 Å². The zero-order valence-corrected chi connectivity index (χ0v) is 15.3. The molecule has 10 heteroatoms. The molecule has 0 bridgehead atoms. The number of rotatable bonds is 6. The van der Waals surface area contributed by atoms with Crippen molar-refractivity contribution in [1.29, 1.82) is 0 Å². The average molecular weight is 413 g/mol. The van der Waals surface area contributed by atoms with Crippen LogP contribution >= 0.6 is 23.2 Å². The van der Waals surface area contributed by atoms with Gasteiger partial charge in [-0.25, -0.2) is 0 Å². The van der Waals surface area contributed by atoms with Gasteiger partial charge in [0.1, 0.15) is 11.8 Å². The molecule has 1 atom stereocenters. The zero-order chi connectivity index (χ0) is 19.5. The van der Waals surface area contributed by atoms with E-state index in [2.05, 4.69) is 10.1 Å². The maximum Gasteiger partial charge on any atom is 0.573 e. The molecule has 1 aliphatic rings. The first kappa shape index (κ1) is 20.6. The Labute approximate surface area is 158 Å². The number of halogens is 5. The summed E-state index contributed by atoms with van der Waals surface area (Å²) in [4.78, 5) is 26.1. The first-order valence-electron chi connectivity index (χ1n) is 7.70. The molecule has 1 aliphatic heterocycles. The van der Waals surface area contributed by atoms with Crippen molar-refractivity contribution in [2.75, 3.05) is 23.2 Å². The predicted octanol–water partition coefficient (Wildman–Crippen LogP) is 3.29. The van der Waals surface area contributed by atoms with Gasteiger partial charge >= 0.3 is 6.36 Å². The van der Waals surface area contributed by atoms with E-state index in [1.54, 1.807) is 6.92 Å². The van der Waals surface area contributed by atoms with Crippen LogP contribution in [0.4, 0.5) is 18.9 Å². The highest BCUT2D eigenvalue weighted by atomic mass is 35.5. The molecule has 1 heterocycles. The molecule has 2 amide bonds. The summed E-state index contributed by atoms with van der Waals surface area (Å²) in [6.45, 7) is 1.83. The third kappa shape index (κ3) is 4.73. The monoisotopic (exact) mass is 412 g/mol. The molecular weight excluding hydrogens is 396 g/mol. The fourth-order valence-electron chi connectivity index (χ4n) is 2.41. The Morgan fingerprint density at radius 1 is 1.35 bits per heavy atom. The van der Waals surface area contributed by atoms with Gasteiger partial charge in [0.05, 0.1) is 5.41 Å². The Bertz CT molecular complexity index is 681. The number of nitrogens with zero attached hydrogens (tertiary/aromatic N) is 1. The van der Waals surface area contributed by atoms with Gasteiger partial charge in [-0.05, 0) is 25.5 Å². The molecule has 5 nitrogen and oxygen atoms in total. The first-order valence-corrected chi connectivity index (χ1v) is 8.76. The molecule has 1 aromatic carbocycles. The number of hydrogen-bond acceptors (Lipinski definition) is 3. The van der Waals surface area contributed by atoms with Crippen LogP contribution in [0.15, 0.2) is 24.3 Å². The van der Waals surface area contributed by atoms with Gasteiger partial charge in [0.15, 0.2) is 0 Å². The summed E-state index contributed by atoms with van der Waals surface area (Å²) < 4.78 is 40.9. The van der Waals surface area contributed by atoms with E-state index in [9.17, 15) is 22.8 Å². The van der Waals surface area contributed by atoms with E-state index in [0.717, 1.165) is 12.1 Å². The van der Waals surface area contributed by atoms with E-state index in [1.165, 1.54) is 17.0 Å². The van der Waals surface area contributed by atoms with Crippen molar-refractivity contribution in [2.24, 2.45) is 5.41 Å². The highest BCUT2D eigenvalue weighted by molar-refractivity contribution is 6.24. The number of anilines is 1. The molecule has 0 aromatic heterocycles. The molecule has 0 radical (unpaired) electrons. The highest BCUT2D eigenvalue weighted by Gasteiger charge is 2.39. The molecule has 144 valence electrons. The molecule has 0 aliphatic carbocycles. The maximum atomic E-state index is 12.5. The van der Waals surface area contributed by atoms with Crippen molar-refractivity contribution in [3.05, 3.63) is 24.3 Å². The van der Waals surface area contributed by atoms with E-state index in [1.807, 2.05) is 0 Å². The van der Waals surface area contributed by atoms with Crippen molar-refractivity contribution in [1.82, 2.24) is 5.32 Å². The maximum absolute atomic E-state index is 12.5. The third-order valence-corrected chi connectivity index (χ3v) is 5.19. The SMILES string of the molecule is CC(CCl)(CCl)C(=O)NC1CCN(c2cccc(OC(F)(F)F)c2)C1=O. The predicted molar refractivity (Wildman–Crippen MR) is 91.6 cm³/mol. The number of amides is 2. The zero-order valence-electron chi connectivity index (χ0n) is 13.8. The number of hydrogen-bond donors (Lipinski definition) is 1. The van der Waals surface area contributed by atoms with Crippen LogP contribution in [0.1, 0.15) is 13.3 Å². The summed E-state index contributed by atoms with van der Waals surface area (Å²) in [7, 11) is 0. The molecule has 0 saturated carbocycles. The fraction of sp³-hybridized carbons (Fsp3) is 0.500. The number of carbonyl (C=O) groups excluding carboxylic acids is 2. The molecular formula is C16H17Cl2F3N2O3. The van der Waals surface area contributed by atoms with Gasteiger partial charge in [0.2, 0.25) is 11.8 Å².